The van der Waals surface area contributed by atoms with Gasteiger partial charge >= 0.3 is 0 Å². The lowest BCUT2D eigenvalue weighted by atomic mass is 9.95. The van der Waals surface area contributed by atoms with E-state index in [2.05, 4.69) is 21.2 Å². The molecule has 0 aromatic heterocycles. The smallest absolute Gasteiger partial charge is 0.255 e. The van der Waals surface area contributed by atoms with Crippen molar-refractivity contribution in [3.05, 3.63) is 101 Å². The van der Waals surface area contributed by atoms with Gasteiger partial charge < -0.3 is 11.1 Å². The Morgan fingerprint density at radius 1 is 0.788 bits per heavy atom. The van der Waals surface area contributed by atoms with Crippen molar-refractivity contribution in [3.63, 3.8) is 0 Å². The molecule has 0 saturated carbocycles. The second kappa shape index (κ2) is 9.19. The molecule has 5 N–H and O–H groups in total. The maximum absolute atomic E-state index is 13.1. The summed E-state index contributed by atoms with van der Waals surface area (Å²) in [6, 6.07) is 26.3. The highest BCUT2D eigenvalue weighted by molar-refractivity contribution is 9.10. The fraction of sp³-hybridized carbons (Fsp3) is 0. The first-order chi connectivity index (χ1) is 15.7. The zero-order chi connectivity index (χ0) is 23.6. The van der Waals surface area contributed by atoms with Gasteiger partial charge in [0.05, 0.1) is 4.90 Å². The van der Waals surface area contributed by atoms with Gasteiger partial charge in [0.1, 0.15) is 0 Å². The molecule has 0 saturated heterocycles. The molecule has 0 heterocycles. The van der Waals surface area contributed by atoms with Gasteiger partial charge in [-0.25, -0.2) is 13.6 Å². The van der Waals surface area contributed by atoms with Crippen molar-refractivity contribution in [1.82, 2.24) is 0 Å². The first kappa shape index (κ1) is 22.7. The predicted molar refractivity (Wildman–Crippen MR) is 135 cm³/mol. The second-order valence-corrected chi connectivity index (χ2v) is 9.90. The molecule has 0 unspecified atom stereocenters. The molecule has 0 aliphatic rings. The van der Waals surface area contributed by atoms with Crippen molar-refractivity contribution in [2.45, 2.75) is 4.90 Å². The van der Waals surface area contributed by atoms with Crippen molar-refractivity contribution >= 4 is 43.2 Å². The third-order valence-electron chi connectivity index (χ3n) is 5.07. The first-order valence-electron chi connectivity index (χ1n) is 9.91. The number of anilines is 2. The summed E-state index contributed by atoms with van der Waals surface area (Å²) in [4.78, 5) is 13.1. The van der Waals surface area contributed by atoms with Gasteiger partial charge in [0.2, 0.25) is 10.0 Å². The van der Waals surface area contributed by atoms with Crippen LogP contribution in [0, 0.1) is 0 Å². The zero-order valence-corrected chi connectivity index (χ0v) is 19.7. The number of carbonyl (C=O) groups excluding carboxylic acids is 1. The van der Waals surface area contributed by atoms with E-state index in [1.165, 1.54) is 12.1 Å². The van der Waals surface area contributed by atoms with Crippen LogP contribution in [-0.4, -0.2) is 14.3 Å². The van der Waals surface area contributed by atoms with E-state index < -0.39 is 10.0 Å². The van der Waals surface area contributed by atoms with Crippen LogP contribution in [0.1, 0.15) is 10.4 Å². The maximum Gasteiger partial charge on any atom is 0.255 e. The molecule has 166 valence electrons. The molecule has 4 rings (SSSR count). The molecular formula is C25H20BrN3O3S. The summed E-state index contributed by atoms with van der Waals surface area (Å²) in [7, 11) is -3.80. The minimum absolute atomic E-state index is 0.0154. The van der Waals surface area contributed by atoms with Gasteiger partial charge in [-0.3, -0.25) is 4.79 Å². The number of halogens is 1. The summed E-state index contributed by atoms with van der Waals surface area (Å²) in [6.07, 6.45) is 0. The molecule has 0 spiro atoms. The van der Waals surface area contributed by atoms with Crippen LogP contribution in [0.5, 0.6) is 0 Å². The number of carbonyl (C=O) groups is 1. The highest BCUT2D eigenvalue weighted by atomic mass is 79.9. The Labute approximate surface area is 200 Å². The molecule has 0 aliphatic carbocycles. The molecule has 8 heteroatoms. The van der Waals surface area contributed by atoms with E-state index in [9.17, 15) is 13.2 Å². The van der Waals surface area contributed by atoms with E-state index in [0.717, 1.165) is 26.7 Å². The summed E-state index contributed by atoms with van der Waals surface area (Å²) in [5.74, 6) is -0.277. The number of nitrogen functional groups attached to an aromatic ring is 1. The van der Waals surface area contributed by atoms with Crippen LogP contribution in [-0.2, 0) is 10.0 Å². The van der Waals surface area contributed by atoms with Crippen LogP contribution in [0.4, 0.5) is 11.4 Å². The number of nitrogens with one attached hydrogen (secondary N) is 1. The number of sulfonamides is 1. The van der Waals surface area contributed by atoms with E-state index in [1.807, 2.05) is 36.4 Å². The summed E-state index contributed by atoms with van der Waals surface area (Å²) in [6.45, 7) is 0. The molecule has 1 amide bonds. The average molecular weight is 522 g/mol. The Kier molecular flexibility index (Phi) is 6.33. The number of para-hydroxylation sites is 1. The van der Waals surface area contributed by atoms with Gasteiger partial charge in [-0.1, -0.05) is 52.3 Å². The lowest BCUT2D eigenvalue weighted by Gasteiger charge is -2.13. The predicted octanol–water partition coefficient (Wildman–Crippen LogP) is 5.27. The Hall–Kier alpha value is -3.46. The fourth-order valence-corrected chi connectivity index (χ4v) is 4.33. The second-order valence-electron chi connectivity index (χ2n) is 7.42. The van der Waals surface area contributed by atoms with Crippen molar-refractivity contribution in [2.75, 3.05) is 11.1 Å². The van der Waals surface area contributed by atoms with E-state index in [4.69, 9.17) is 10.9 Å². The Bertz CT molecular complexity index is 1440. The van der Waals surface area contributed by atoms with Gasteiger partial charge in [0.15, 0.2) is 0 Å². The number of nitrogens with two attached hydrogens (primary N) is 2. The number of benzene rings is 4. The van der Waals surface area contributed by atoms with Crippen LogP contribution in [0.3, 0.4) is 0 Å². The number of amides is 1. The highest BCUT2D eigenvalue weighted by Crippen LogP contribution is 2.33. The maximum atomic E-state index is 13.1. The third kappa shape index (κ3) is 5.31. The Morgan fingerprint density at radius 2 is 1.45 bits per heavy atom. The molecule has 0 radical (unpaired) electrons. The van der Waals surface area contributed by atoms with E-state index >= 15 is 0 Å². The first-order valence-corrected chi connectivity index (χ1v) is 12.2. The number of rotatable bonds is 5. The molecule has 0 bridgehead atoms. The molecule has 0 fully saturated rings. The minimum Gasteiger partial charge on any atom is -0.398 e. The van der Waals surface area contributed by atoms with Crippen LogP contribution in [0.25, 0.3) is 22.3 Å². The topological polar surface area (TPSA) is 115 Å². The minimum atomic E-state index is -3.80. The monoisotopic (exact) mass is 521 g/mol. The van der Waals surface area contributed by atoms with Gasteiger partial charge in [-0.15, -0.1) is 0 Å². The van der Waals surface area contributed by atoms with Crippen molar-refractivity contribution < 1.29 is 13.2 Å². The van der Waals surface area contributed by atoms with Gasteiger partial charge in [-0.05, 0) is 71.3 Å². The van der Waals surface area contributed by atoms with Crippen molar-refractivity contribution in [1.29, 1.82) is 0 Å². The van der Waals surface area contributed by atoms with Crippen molar-refractivity contribution in [3.8, 4) is 22.3 Å². The Balaban J connectivity index is 1.82. The molecule has 6 nitrogen and oxygen atoms in total. The third-order valence-corrected chi connectivity index (χ3v) is 6.49. The van der Waals surface area contributed by atoms with Crippen LogP contribution < -0.4 is 16.2 Å². The highest BCUT2D eigenvalue weighted by Gasteiger charge is 2.14. The standard InChI is InChI=1S/C25H20BrN3O3S/c26-20-8-11-23(24(27)15-20)18-12-17(16-6-9-22(10-7-16)33(28,31)32)13-19(14-18)25(30)29-21-4-2-1-3-5-21/h1-15H,27H2,(H,29,30)(H2,28,31,32). The number of hydrogen-bond donors (Lipinski definition) is 3. The molecule has 4 aromatic rings. The molecule has 0 atom stereocenters. The van der Waals surface area contributed by atoms with Crippen LogP contribution in [0.15, 0.2) is 100 Å². The molecule has 0 aliphatic heterocycles. The SMILES string of the molecule is Nc1cc(Br)ccc1-c1cc(C(=O)Nc2ccccc2)cc(-c2ccc(S(N)(=O)=O)cc2)c1. The zero-order valence-electron chi connectivity index (χ0n) is 17.3. The van der Waals surface area contributed by atoms with E-state index in [1.54, 1.807) is 42.5 Å². The van der Waals surface area contributed by atoms with Gasteiger partial charge in [-0.2, -0.15) is 0 Å². The molecular weight excluding hydrogens is 502 g/mol. The lowest BCUT2D eigenvalue weighted by Crippen LogP contribution is -2.12. The van der Waals surface area contributed by atoms with Gasteiger partial charge in [0, 0.05) is 27.0 Å². The molecule has 4 aromatic carbocycles. The van der Waals surface area contributed by atoms with Crippen LogP contribution >= 0.6 is 15.9 Å². The van der Waals surface area contributed by atoms with Crippen molar-refractivity contribution in [2.24, 2.45) is 5.14 Å². The average Bonchev–Trinajstić information content (AvgIpc) is 2.79. The number of hydrogen-bond acceptors (Lipinski definition) is 4. The quantitative estimate of drug-likeness (QED) is 0.310. The van der Waals surface area contributed by atoms with Gasteiger partial charge in [0.25, 0.3) is 5.91 Å². The normalized spacial score (nSPS) is 11.2. The largest absolute Gasteiger partial charge is 0.398 e. The number of primary sulfonamides is 1. The van der Waals surface area contributed by atoms with E-state index in [0.29, 0.717) is 16.9 Å². The summed E-state index contributed by atoms with van der Waals surface area (Å²) >= 11 is 3.41. The van der Waals surface area contributed by atoms with E-state index in [-0.39, 0.29) is 10.8 Å². The summed E-state index contributed by atoms with van der Waals surface area (Å²) in [5, 5.41) is 8.11. The summed E-state index contributed by atoms with van der Waals surface area (Å²) < 4.78 is 24.1. The summed E-state index contributed by atoms with van der Waals surface area (Å²) in [5.41, 5.74) is 10.9. The lowest BCUT2D eigenvalue weighted by molar-refractivity contribution is 0.102. The fourth-order valence-electron chi connectivity index (χ4n) is 3.44. The Morgan fingerprint density at radius 3 is 2.09 bits per heavy atom. The van der Waals surface area contributed by atoms with Crippen LogP contribution in [0.2, 0.25) is 0 Å². The molecule has 33 heavy (non-hydrogen) atoms.